The molecule has 158 valence electrons. The highest BCUT2D eigenvalue weighted by molar-refractivity contribution is 7.92. The molecule has 8 nitrogen and oxygen atoms in total. The molecule has 0 unspecified atom stereocenters. The number of amides is 1. The Hall–Kier alpha value is -2.43. The Morgan fingerprint density at radius 1 is 1.00 bits per heavy atom. The van der Waals surface area contributed by atoms with Crippen molar-refractivity contribution < 1.29 is 21.6 Å². The average Bonchev–Trinajstić information content (AvgIpc) is 2.61. The van der Waals surface area contributed by atoms with E-state index < -0.39 is 20.0 Å². The second-order valence-corrected chi connectivity index (χ2v) is 10.4. The van der Waals surface area contributed by atoms with E-state index in [-0.39, 0.29) is 29.5 Å². The van der Waals surface area contributed by atoms with Gasteiger partial charge in [0, 0.05) is 25.7 Å². The fraction of sp³-hybridized carbons (Fsp3) is 0.316. The Morgan fingerprint density at radius 2 is 1.62 bits per heavy atom. The first kappa shape index (κ1) is 22.9. The number of nitrogens with one attached hydrogen (secondary N) is 2. The van der Waals surface area contributed by atoms with Gasteiger partial charge in [0.05, 0.1) is 16.8 Å². The molecule has 0 spiro atoms. The van der Waals surface area contributed by atoms with E-state index in [9.17, 15) is 21.6 Å². The Morgan fingerprint density at radius 3 is 2.21 bits per heavy atom. The minimum Gasteiger partial charge on any atom is -0.326 e. The summed E-state index contributed by atoms with van der Waals surface area (Å²) in [4.78, 5) is 12.0. The topological polar surface area (TPSA) is 113 Å². The zero-order valence-corrected chi connectivity index (χ0v) is 18.4. The van der Waals surface area contributed by atoms with Gasteiger partial charge >= 0.3 is 0 Å². The smallest absolute Gasteiger partial charge is 0.240 e. The number of aryl methyl sites for hydroxylation is 2. The first-order valence-electron chi connectivity index (χ1n) is 8.81. The lowest BCUT2D eigenvalue weighted by Crippen LogP contribution is -2.29. The van der Waals surface area contributed by atoms with Crippen LogP contribution in [-0.4, -0.2) is 42.6 Å². The van der Waals surface area contributed by atoms with Crippen LogP contribution in [-0.2, 0) is 24.8 Å². The van der Waals surface area contributed by atoms with Crippen LogP contribution in [0, 0.1) is 13.8 Å². The molecule has 0 aromatic heterocycles. The Kier molecular flexibility index (Phi) is 7.04. The number of nitrogens with zero attached hydrogens (tertiary/aromatic N) is 1. The second kappa shape index (κ2) is 8.93. The maximum atomic E-state index is 12.7. The highest BCUT2D eigenvalue weighted by atomic mass is 32.2. The van der Waals surface area contributed by atoms with E-state index in [0.717, 1.165) is 10.6 Å². The van der Waals surface area contributed by atoms with Gasteiger partial charge in [-0.05, 0) is 43.2 Å². The van der Waals surface area contributed by atoms with Crippen LogP contribution in [0.5, 0.6) is 0 Å². The van der Waals surface area contributed by atoms with Gasteiger partial charge in [-0.3, -0.25) is 9.10 Å². The number of carbonyl (C=O) groups is 1. The lowest BCUT2D eigenvalue weighted by atomic mass is 10.1. The number of hydrogen-bond donors (Lipinski definition) is 2. The maximum Gasteiger partial charge on any atom is 0.240 e. The monoisotopic (exact) mass is 439 g/mol. The Balaban J connectivity index is 2.13. The van der Waals surface area contributed by atoms with Crippen LogP contribution in [0.25, 0.3) is 0 Å². The van der Waals surface area contributed by atoms with Gasteiger partial charge in [-0.25, -0.2) is 21.6 Å². The average molecular weight is 440 g/mol. The Bertz CT molecular complexity index is 1100. The summed E-state index contributed by atoms with van der Waals surface area (Å²) >= 11 is 0. The Labute approximate surface area is 172 Å². The normalized spacial score (nSPS) is 11.9. The summed E-state index contributed by atoms with van der Waals surface area (Å²) in [7, 11) is -6.11. The van der Waals surface area contributed by atoms with Gasteiger partial charge in [0.25, 0.3) is 0 Å². The number of rotatable bonds is 8. The van der Waals surface area contributed by atoms with Crippen molar-refractivity contribution in [3.05, 3.63) is 53.6 Å². The third-order valence-electron chi connectivity index (χ3n) is 4.32. The molecule has 2 rings (SSSR count). The molecule has 0 saturated carbocycles. The van der Waals surface area contributed by atoms with Crippen molar-refractivity contribution in [2.75, 3.05) is 29.5 Å². The second-order valence-electron chi connectivity index (χ2n) is 6.70. The van der Waals surface area contributed by atoms with Crippen LogP contribution < -0.4 is 14.3 Å². The van der Waals surface area contributed by atoms with Crippen LogP contribution in [0.15, 0.2) is 47.4 Å². The van der Waals surface area contributed by atoms with Crippen LogP contribution in [0.2, 0.25) is 0 Å². The molecule has 0 heterocycles. The van der Waals surface area contributed by atoms with E-state index in [4.69, 9.17) is 0 Å². The van der Waals surface area contributed by atoms with Gasteiger partial charge in [-0.1, -0.05) is 24.3 Å². The van der Waals surface area contributed by atoms with Gasteiger partial charge in [-0.15, -0.1) is 0 Å². The molecule has 0 aliphatic carbocycles. The van der Waals surface area contributed by atoms with Gasteiger partial charge in [-0.2, -0.15) is 0 Å². The predicted molar refractivity (Wildman–Crippen MR) is 114 cm³/mol. The van der Waals surface area contributed by atoms with Crippen LogP contribution in [0.4, 0.5) is 11.4 Å². The predicted octanol–water partition coefficient (Wildman–Crippen LogP) is 2.01. The molecule has 0 bridgehead atoms. The molecule has 0 aliphatic rings. The molecular formula is C19H25N3O5S2. The van der Waals surface area contributed by atoms with Crippen LogP contribution >= 0.6 is 0 Å². The summed E-state index contributed by atoms with van der Waals surface area (Å²) in [5.74, 6) is -0.322. The lowest BCUT2D eigenvalue weighted by Gasteiger charge is -2.21. The van der Waals surface area contributed by atoms with E-state index in [1.54, 1.807) is 44.2 Å². The molecule has 29 heavy (non-hydrogen) atoms. The van der Waals surface area contributed by atoms with E-state index in [0.29, 0.717) is 16.8 Å². The maximum absolute atomic E-state index is 12.7. The zero-order chi connectivity index (χ0) is 21.8. The zero-order valence-electron chi connectivity index (χ0n) is 16.8. The third-order valence-corrected chi connectivity index (χ3v) is 7.12. The fourth-order valence-electron chi connectivity index (χ4n) is 2.75. The van der Waals surface area contributed by atoms with E-state index >= 15 is 0 Å². The number of sulfonamides is 2. The first-order chi connectivity index (χ1) is 13.4. The van der Waals surface area contributed by atoms with Crippen molar-refractivity contribution in [1.29, 1.82) is 0 Å². The standard InChI is InChI=1S/C19H25N3O5S2/c1-14-12-15(2)18(13-17(14)22(3)28(4,24)25)29(26,27)20-11-10-19(23)21-16-8-6-5-7-9-16/h5-9,12-13,20H,10-11H2,1-4H3,(H,21,23). The summed E-state index contributed by atoms with van der Waals surface area (Å²) in [6.07, 6.45) is 0.999. The fourth-order valence-corrected chi connectivity index (χ4v) is 4.58. The molecule has 0 saturated heterocycles. The molecule has 0 radical (unpaired) electrons. The summed E-state index contributed by atoms with van der Waals surface area (Å²) in [5.41, 5.74) is 2.02. The van der Waals surface area contributed by atoms with Crippen molar-refractivity contribution in [3.8, 4) is 0 Å². The molecule has 2 aromatic rings. The summed E-state index contributed by atoms with van der Waals surface area (Å²) in [5, 5.41) is 2.68. The van der Waals surface area contributed by atoms with Crippen molar-refractivity contribution in [2.45, 2.75) is 25.2 Å². The van der Waals surface area contributed by atoms with E-state index in [1.807, 2.05) is 6.07 Å². The molecule has 0 fully saturated rings. The van der Waals surface area contributed by atoms with Gasteiger partial charge in [0.1, 0.15) is 0 Å². The van der Waals surface area contributed by atoms with Crippen LogP contribution in [0.1, 0.15) is 17.5 Å². The first-order valence-corrected chi connectivity index (χ1v) is 12.1. The van der Waals surface area contributed by atoms with Gasteiger partial charge < -0.3 is 5.32 Å². The van der Waals surface area contributed by atoms with E-state index in [1.165, 1.54) is 13.1 Å². The molecule has 10 heteroatoms. The number of benzene rings is 2. The number of hydrogen-bond acceptors (Lipinski definition) is 5. The van der Waals surface area contributed by atoms with Gasteiger partial charge in [0.15, 0.2) is 0 Å². The van der Waals surface area contributed by atoms with Crippen LogP contribution in [0.3, 0.4) is 0 Å². The molecule has 2 aromatic carbocycles. The molecule has 2 N–H and O–H groups in total. The van der Waals surface area contributed by atoms with E-state index in [2.05, 4.69) is 10.0 Å². The summed E-state index contributed by atoms with van der Waals surface area (Å²) in [6.45, 7) is 3.25. The van der Waals surface area contributed by atoms with Crippen molar-refractivity contribution in [1.82, 2.24) is 4.72 Å². The molecule has 1 amide bonds. The molecular weight excluding hydrogens is 414 g/mol. The highest BCUT2D eigenvalue weighted by Gasteiger charge is 2.22. The van der Waals surface area contributed by atoms with Gasteiger partial charge in [0.2, 0.25) is 26.0 Å². The minimum absolute atomic E-state index is 0.0305. The number of anilines is 2. The third kappa shape index (κ3) is 6.02. The number of carbonyl (C=O) groups excluding carboxylic acids is 1. The SMILES string of the molecule is Cc1cc(C)c(S(=O)(=O)NCCC(=O)Nc2ccccc2)cc1N(C)S(C)(=O)=O. The quantitative estimate of drug-likeness (QED) is 0.653. The number of para-hydroxylation sites is 1. The lowest BCUT2D eigenvalue weighted by molar-refractivity contribution is -0.116. The van der Waals surface area contributed by atoms with Crippen molar-refractivity contribution >= 4 is 37.3 Å². The minimum atomic E-state index is -3.93. The van der Waals surface area contributed by atoms with Crippen molar-refractivity contribution in [2.24, 2.45) is 0 Å². The van der Waals surface area contributed by atoms with Crippen molar-refractivity contribution in [3.63, 3.8) is 0 Å². The largest absolute Gasteiger partial charge is 0.326 e. The molecule has 0 atom stereocenters. The summed E-state index contributed by atoms with van der Waals surface area (Å²) < 4.78 is 52.6. The molecule has 0 aliphatic heterocycles. The highest BCUT2D eigenvalue weighted by Crippen LogP contribution is 2.27. The summed E-state index contributed by atoms with van der Waals surface area (Å²) in [6, 6.07) is 11.8.